The maximum Gasteiger partial charge on any atom is 0.328 e. The van der Waals surface area contributed by atoms with Crippen molar-refractivity contribution in [2.24, 2.45) is 5.41 Å². The molecule has 9 heteroatoms. The highest BCUT2D eigenvalue weighted by atomic mass is 16.7. The highest BCUT2D eigenvalue weighted by molar-refractivity contribution is 5.92. The zero-order valence-electron chi connectivity index (χ0n) is 23.5. The van der Waals surface area contributed by atoms with Gasteiger partial charge in [0, 0.05) is 45.2 Å². The van der Waals surface area contributed by atoms with Gasteiger partial charge < -0.3 is 28.7 Å². The van der Waals surface area contributed by atoms with E-state index in [1.54, 1.807) is 9.80 Å². The molecule has 3 aliphatic rings. The van der Waals surface area contributed by atoms with Gasteiger partial charge in [0.1, 0.15) is 12.1 Å². The van der Waals surface area contributed by atoms with Gasteiger partial charge in [0.05, 0.1) is 13.2 Å². The summed E-state index contributed by atoms with van der Waals surface area (Å²) in [5, 5.41) is 0. The van der Waals surface area contributed by atoms with Crippen LogP contribution in [0.25, 0.3) is 0 Å². The highest BCUT2D eigenvalue weighted by Crippen LogP contribution is 2.36. The normalized spacial score (nSPS) is 27.5. The number of esters is 1. The van der Waals surface area contributed by atoms with Gasteiger partial charge in [-0.3, -0.25) is 9.59 Å². The molecule has 3 heterocycles. The van der Waals surface area contributed by atoms with Gasteiger partial charge in [-0.15, -0.1) is 0 Å². The number of ether oxygens (including phenoxy) is 4. The third-order valence-corrected chi connectivity index (χ3v) is 7.67. The number of nitrogens with zero attached hydrogens (tertiary/aromatic N) is 2. The van der Waals surface area contributed by atoms with Crippen LogP contribution in [-0.2, 0) is 33.3 Å². The van der Waals surface area contributed by atoms with Crippen molar-refractivity contribution in [3.05, 3.63) is 0 Å². The molecule has 0 radical (unpaired) electrons. The minimum absolute atomic E-state index is 0.00222. The van der Waals surface area contributed by atoms with Crippen LogP contribution in [-0.4, -0.2) is 91.6 Å². The number of amides is 2. The van der Waals surface area contributed by atoms with Crippen molar-refractivity contribution in [3.8, 4) is 0 Å². The number of likely N-dealkylation sites (tertiary alicyclic amines) is 2. The van der Waals surface area contributed by atoms with Crippen molar-refractivity contribution >= 4 is 17.8 Å². The van der Waals surface area contributed by atoms with Crippen molar-refractivity contribution in [1.82, 2.24) is 9.80 Å². The molecular weight excluding hydrogens is 476 g/mol. The predicted molar refractivity (Wildman–Crippen MR) is 139 cm³/mol. The first kappa shape index (κ1) is 29.8. The molecule has 3 rings (SSSR count). The van der Waals surface area contributed by atoms with Crippen molar-refractivity contribution in [1.29, 1.82) is 0 Å². The Morgan fingerprint density at radius 3 is 2.54 bits per heavy atom. The summed E-state index contributed by atoms with van der Waals surface area (Å²) in [7, 11) is 1.34. The van der Waals surface area contributed by atoms with Crippen molar-refractivity contribution in [2.45, 2.75) is 122 Å². The number of hydrogen-bond donors (Lipinski definition) is 0. The van der Waals surface area contributed by atoms with Crippen molar-refractivity contribution in [3.63, 3.8) is 0 Å². The maximum absolute atomic E-state index is 14.2. The summed E-state index contributed by atoms with van der Waals surface area (Å²) in [4.78, 5) is 43.5. The Labute approximate surface area is 222 Å². The minimum Gasteiger partial charge on any atom is -0.467 e. The Morgan fingerprint density at radius 1 is 1.14 bits per heavy atom. The smallest absolute Gasteiger partial charge is 0.328 e. The zero-order chi connectivity index (χ0) is 27.0. The standard InChI is InChI=1S/C28H48N2O7/c1-6-7-15-35-16-10-11-20-13-14-23(31)30(20)25(28(2,3)4)26(32)29-19-21(18-22(29)27(33)34-5)37-24-12-8-9-17-36-24/h20-22,24-25H,6-19H2,1-5H3/t20?,21-,22+,24?,25-/m1/s1. The topological polar surface area (TPSA) is 94.6 Å². The summed E-state index contributed by atoms with van der Waals surface area (Å²) in [5.74, 6) is -0.661. The lowest BCUT2D eigenvalue weighted by Gasteiger charge is -2.42. The fourth-order valence-corrected chi connectivity index (χ4v) is 5.77. The Balaban J connectivity index is 1.74. The van der Waals surface area contributed by atoms with Crippen LogP contribution in [0.15, 0.2) is 0 Å². The molecule has 9 nitrogen and oxygen atoms in total. The molecule has 0 aromatic carbocycles. The second kappa shape index (κ2) is 13.9. The van der Waals surface area contributed by atoms with E-state index in [1.807, 2.05) is 20.8 Å². The first-order valence-corrected chi connectivity index (χ1v) is 14.2. The molecule has 3 fully saturated rings. The Hall–Kier alpha value is -1.71. The van der Waals surface area contributed by atoms with Gasteiger partial charge in [-0.2, -0.15) is 0 Å². The average Bonchev–Trinajstić information content (AvgIpc) is 3.44. The SMILES string of the molecule is CCCCOCCCC1CCC(=O)N1[C@H](C(=O)N1C[C@H](OC2CCCCO2)C[C@H]1C(=O)OC)C(C)(C)C. The van der Waals surface area contributed by atoms with Crippen LogP contribution in [0.2, 0.25) is 0 Å². The van der Waals surface area contributed by atoms with Gasteiger partial charge in [-0.05, 0) is 50.4 Å². The largest absolute Gasteiger partial charge is 0.467 e. The van der Waals surface area contributed by atoms with E-state index in [4.69, 9.17) is 18.9 Å². The number of carbonyl (C=O) groups is 3. The second-order valence-corrected chi connectivity index (χ2v) is 11.7. The van der Waals surface area contributed by atoms with Crippen LogP contribution < -0.4 is 0 Å². The summed E-state index contributed by atoms with van der Waals surface area (Å²) < 4.78 is 22.7. The molecule has 0 N–H and O–H groups in total. The van der Waals surface area contributed by atoms with E-state index in [2.05, 4.69) is 6.92 Å². The predicted octanol–water partition coefficient (Wildman–Crippen LogP) is 3.67. The molecule has 0 aliphatic carbocycles. The molecule has 5 atom stereocenters. The molecule has 0 aromatic heterocycles. The van der Waals surface area contributed by atoms with Crippen LogP contribution in [0.1, 0.15) is 91.9 Å². The lowest BCUT2D eigenvalue weighted by atomic mass is 9.83. The van der Waals surface area contributed by atoms with Crippen LogP contribution in [0.5, 0.6) is 0 Å². The highest BCUT2D eigenvalue weighted by Gasteiger charge is 2.50. The second-order valence-electron chi connectivity index (χ2n) is 11.7. The van der Waals surface area contributed by atoms with Gasteiger partial charge in [-0.25, -0.2) is 4.79 Å². The molecule has 0 saturated carbocycles. The molecule has 2 amide bonds. The number of methoxy groups -OCH3 is 1. The molecule has 2 unspecified atom stereocenters. The summed E-state index contributed by atoms with van der Waals surface area (Å²) in [5.41, 5.74) is -0.515. The van der Waals surface area contributed by atoms with Gasteiger partial charge in [0.2, 0.25) is 11.8 Å². The number of rotatable bonds is 12. The lowest BCUT2D eigenvalue weighted by molar-refractivity contribution is -0.185. The van der Waals surface area contributed by atoms with E-state index in [1.165, 1.54) is 7.11 Å². The van der Waals surface area contributed by atoms with E-state index < -0.39 is 23.5 Å². The quantitative estimate of drug-likeness (QED) is 0.284. The molecule has 3 aliphatic heterocycles. The third-order valence-electron chi connectivity index (χ3n) is 7.67. The number of carbonyl (C=O) groups excluding carboxylic acids is 3. The number of hydrogen-bond acceptors (Lipinski definition) is 7. The van der Waals surface area contributed by atoms with Gasteiger partial charge >= 0.3 is 5.97 Å². The first-order chi connectivity index (χ1) is 17.7. The molecule has 37 heavy (non-hydrogen) atoms. The van der Waals surface area contributed by atoms with Crippen LogP contribution in [0.4, 0.5) is 0 Å². The third kappa shape index (κ3) is 7.90. The molecule has 0 spiro atoms. The van der Waals surface area contributed by atoms with Crippen molar-refractivity contribution < 1.29 is 33.3 Å². The van der Waals surface area contributed by atoms with Crippen LogP contribution in [0.3, 0.4) is 0 Å². The van der Waals surface area contributed by atoms with E-state index in [-0.39, 0.29) is 36.8 Å². The summed E-state index contributed by atoms with van der Waals surface area (Å²) >= 11 is 0. The molecular formula is C28H48N2O7. The lowest BCUT2D eigenvalue weighted by Crippen LogP contribution is -2.59. The summed E-state index contributed by atoms with van der Waals surface area (Å²) in [6, 6.07) is -1.43. The van der Waals surface area contributed by atoms with Crippen LogP contribution >= 0.6 is 0 Å². The first-order valence-electron chi connectivity index (χ1n) is 14.2. The van der Waals surface area contributed by atoms with Gasteiger partial charge in [0.15, 0.2) is 6.29 Å². The Morgan fingerprint density at radius 2 is 1.89 bits per heavy atom. The minimum atomic E-state index is -0.737. The van der Waals surface area contributed by atoms with Gasteiger partial charge in [-0.1, -0.05) is 34.1 Å². The van der Waals surface area contributed by atoms with E-state index in [0.717, 1.165) is 58.0 Å². The van der Waals surface area contributed by atoms with Crippen molar-refractivity contribution in [2.75, 3.05) is 33.5 Å². The molecule has 212 valence electrons. The van der Waals surface area contributed by atoms with Gasteiger partial charge in [0.25, 0.3) is 0 Å². The van der Waals surface area contributed by atoms with E-state index >= 15 is 0 Å². The van der Waals surface area contributed by atoms with E-state index in [0.29, 0.717) is 26.1 Å². The Kier molecular flexibility index (Phi) is 11.2. The summed E-state index contributed by atoms with van der Waals surface area (Å²) in [6.45, 7) is 10.4. The average molecular weight is 525 g/mol. The maximum atomic E-state index is 14.2. The Bertz CT molecular complexity index is 762. The van der Waals surface area contributed by atoms with E-state index in [9.17, 15) is 14.4 Å². The monoisotopic (exact) mass is 524 g/mol. The summed E-state index contributed by atoms with van der Waals surface area (Å²) in [6.07, 6.45) is 7.55. The number of unbranched alkanes of at least 4 members (excludes halogenated alkanes) is 1. The fourth-order valence-electron chi connectivity index (χ4n) is 5.77. The molecule has 0 bridgehead atoms. The molecule has 0 aromatic rings. The molecule has 3 saturated heterocycles. The van der Waals surface area contributed by atoms with Crippen LogP contribution in [0, 0.1) is 5.41 Å². The zero-order valence-corrected chi connectivity index (χ0v) is 23.5. The fraction of sp³-hybridized carbons (Fsp3) is 0.893.